The molecule has 0 aromatic heterocycles. The van der Waals surface area contributed by atoms with Crippen LogP contribution in [-0.2, 0) is 10.2 Å². The average Bonchev–Trinajstić information content (AvgIpc) is 3.46. The molecule has 0 aliphatic heterocycles. The number of guanidine groups is 1. The number of carbonyl (C=O) groups excluding carboxylic acids is 1. The van der Waals surface area contributed by atoms with Crippen LogP contribution >= 0.6 is 24.0 Å². The van der Waals surface area contributed by atoms with Crippen molar-refractivity contribution in [3.8, 4) is 0 Å². The Hall–Kier alpha value is -1.38. The second kappa shape index (κ2) is 10.6. The van der Waals surface area contributed by atoms with Gasteiger partial charge in [0.2, 0.25) is 5.91 Å². The van der Waals surface area contributed by atoms with E-state index in [-0.39, 0.29) is 59.1 Å². The molecule has 0 spiro atoms. The normalized spacial score (nSPS) is 23.1. The van der Waals surface area contributed by atoms with Gasteiger partial charge in [0.1, 0.15) is 5.82 Å². The first kappa shape index (κ1) is 23.9. The van der Waals surface area contributed by atoms with Crippen molar-refractivity contribution in [1.82, 2.24) is 16.0 Å². The molecule has 2 aliphatic rings. The summed E-state index contributed by atoms with van der Waals surface area (Å²) in [6.45, 7) is 4.73. The molecule has 3 N–H and O–H groups in total. The van der Waals surface area contributed by atoms with Gasteiger partial charge in [-0.2, -0.15) is 0 Å². The van der Waals surface area contributed by atoms with Crippen molar-refractivity contribution >= 4 is 35.8 Å². The molecule has 2 saturated carbocycles. The molecular formula is C22H34FIN4O. The van der Waals surface area contributed by atoms with E-state index in [1.54, 1.807) is 19.2 Å². The first-order valence-electron chi connectivity index (χ1n) is 10.5. The summed E-state index contributed by atoms with van der Waals surface area (Å²) in [5.74, 6) is 0.804. The summed E-state index contributed by atoms with van der Waals surface area (Å²) in [7, 11) is 1.77. The molecule has 2 unspecified atom stereocenters. The molecule has 0 heterocycles. The maximum Gasteiger partial charge on any atom is 0.223 e. The molecule has 2 fully saturated rings. The summed E-state index contributed by atoms with van der Waals surface area (Å²) < 4.78 is 13.6. The predicted octanol–water partition coefficient (Wildman–Crippen LogP) is 3.72. The van der Waals surface area contributed by atoms with Gasteiger partial charge in [0.05, 0.1) is 0 Å². The number of carbonyl (C=O) groups is 1. The largest absolute Gasteiger partial charge is 0.356 e. The van der Waals surface area contributed by atoms with E-state index in [4.69, 9.17) is 0 Å². The van der Waals surface area contributed by atoms with Gasteiger partial charge < -0.3 is 16.0 Å². The van der Waals surface area contributed by atoms with Crippen molar-refractivity contribution in [2.45, 2.75) is 69.9 Å². The average molecular weight is 516 g/mol. The first-order chi connectivity index (χ1) is 13.4. The van der Waals surface area contributed by atoms with E-state index < -0.39 is 0 Å². The van der Waals surface area contributed by atoms with Crippen LogP contribution in [-0.4, -0.2) is 37.5 Å². The molecular weight excluding hydrogens is 482 g/mol. The van der Waals surface area contributed by atoms with Crippen LogP contribution in [0.15, 0.2) is 29.3 Å². The third kappa shape index (κ3) is 6.55. The van der Waals surface area contributed by atoms with E-state index in [2.05, 4.69) is 20.9 Å². The van der Waals surface area contributed by atoms with Crippen molar-refractivity contribution in [3.05, 3.63) is 35.6 Å². The summed E-state index contributed by atoms with van der Waals surface area (Å²) in [5.41, 5.74) is 1.06. The van der Waals surface area contributed by atoms with Crippen molar-refractivity contribution < 1.29 is 9.18 Å². The number of rotatable bonds is 6. The van der Waals surface area contributed by atoms with Gasteiger partial charge >= 0.3 is 0 Å². The maximum atomic E-state index is 13.6. The number of nitrogens with one attached hydrogen (secondary N) is 3. The molecule has 3 rings (SSSR count). The molecule has 0 radical (unpaired) electrons. The number of hydrogen-bond acceptors (Lipinski definition) is 2. The van der Waals surface area contributed by atoms with Gasteiger partial charge in [-0.25, -0.2) is 4.39 Å². The van der Waals surface area contributed by atoms with Gasteiger partial charge in [0, 0.05) is 37.0 Å². The molecule has 1 amide bonds. The van der Waals surface area contributed by atoms with Crippen LogP contribution in [0.3, 0.4) is 0 Å². The number of amides is 1. The highest BCUT2D eigenvalue weighted by Crippen LogP contribution is 2.47. The zero-order chi connectivity index (χ0) is 20.1. The summed E-state index contributed by atoms with van der Waals surface area (Å²) >= 11 is 0. The molecule has 2 aliphatic carbocycles. The summed E-state index contributed by atoms with van der Waals surface area (Å²) in [6.07, 6.45) is 5.97. The molecule has 2 atom stereocenters. The maximum absolute atomic E-state index is 13.6. The van der Waals surface area contributed by atoms with Gasteiger partial charge in [-0.3, -0.25) is 9.79 Å². The summed E-state index contributed by atoms with van der Waals surface area (Å²) in [5, 5.41) is 9.95. The Morgan fingerprint density at radius 1 is 1.31 bits per heavy atom. The third-order valence-corrected chi connectivity index (χ3v) is 5.93. The van der Waals surface area contributed by atoms with E-state index >= 15 is 0 Å². The van der Waals surface area contributed by atoms with Crippen molar-refractivity contribution in [2.75, 3.05) is 13.6 Å². The molecule has 162 valence electrons. The minimum atomic E-state index is -0.181. The van der Waals surface area contributed by atoms with E-state index in [0.717, 1.165) is 56.6 Å². The van der Waals surface area contributed by atoms with E-state index in [1.807, 2.05) is 19.9 Å². The van der Waals surface area contributed by atoms with Crippen LogP contribution in [0.25, 0.3) is 0 Å². The Balaban J connectivity index is 0.00000300. The van der Waals surface area contributed by atoms with Gasteiger partial charge in [-0.05, 0) is 63.6 Å². The lowest BCUT2D eigenvalue weighted by molar-refractivity contribution is -0.126. The highest BCUT2D eigenvalue weighted by Gasteiger charge is 2.44. The van der Waals surface area contributed by atoms with Crippen molar-refractivity contribution in [3.63, 3.8) is 0 Å². The minimum Gasteiger partial charge on any atom is -0.356 e. The zero-order valence-electron chi connectivity index (χ0n) is 17.6. The number of hydrogen-bond donors (Lipinski definition) is 3. The Kier molecular flexibility index (Phi) is 8.73. The van der Waals surface area contributed by atoms with E-state index in [9.17, 15) is 9.18 Å². The fraction of sp³-hybridized carbons (Fsp3) is 0.636. The van der Waals surface area contributed by atoms with Gasteiger partial charge in [0.15, 0.2) is 5.96 Å². The monoisotopic (exact) mass is 516 g/mol. The summed E-state index contributed by atoms with van der Waals surface area (Å²) in [4.78, 5) is 16.7. The fourth-order valence-corrected chi connectivity index (χ4v) is 4.14. The predicted molar refractivity (Wildman–Crippen MR) is 126 cm³/mol. The Morgan fingerprint density at radius 2 is 2.07 bits per heavy atom. The van der Waals surface area contributed by atoms with Crippen LogP contribution in [0.2, 0.25) is 0 Å². The lowest BCUT2D eigenvalue weighted by Crippen LogP contribution is -2.48. The molecule has 0 bridgehead atoms. The van der Waals surface area contributed by atoms with E-state index in [0.29, 0.717) is 0 Å². The molecule has 5 nitrogen and oxygen atoms in total. The minimum absolute atomic E-state index is 0. The topological polar surface area (TPSA) is 65.5 Å². The lowest BCUT2D eigenvalue weighted by Gasteiger charge is -2.31. The highest BCUT2D eigenvalue weighted by atomic mass is 127. The van der Waals surface area contributed by atoms with Crippen molar-refractivity contribution in [1.29, 1.82) is 0 Å². The van der Waals surface area contributed by atoms with Crippen LogP contribution in [0, 0.1) is 11.7 Å². The lowest BCUT2D eigenvalue weighted by atomic mass is 9.85. The number of nitrogens with zero attached hydrogens (tertiary/aromatic N) is 1. The van der Waals surface area contributed by atoms with Gasteiger partial charge in [-0.15, -0.1) is 24.0 Å². The summed E-state index contributed by atoms with van der Waals surface area (Å²) in [6, 6.07) is 7.33. The van der Waals surface area contributed by atoms with E-state index in [1.165, 1.54) is 6.07 Å². The Bertz CT molecular complexity index is 721. The fourth-order valence-electron chi connectivity index (χ4n) is 4.14. The highest BCUT2D eigenvalue weighted by molar-refractivity contribution is 14.0. The molecule has 7 heteroatoms. The first-order valence-corrected chi connectivity index (χ1v) is 10.5. The van der Waals surface area contributed by atoms with Crippen LogP contribution < -0.4 is 16.0 Å². The quantitative estimate of drug-likeness (QED) is 0.307. The number of benzene rings is 1. The number of aliphatic imine (C=N–C) groups is 1. The molecule has 1 aromatic carbocycles. The van der Waals surface area contributed by atoms with Gasteiger partial charge in [-0.1, -0.05) is 18.6 Å². The smallest absolute Gasteiger partial charge is 0.223 e. The van der Waals surface area contributed by atoms with Crippen LogP contribution in [0.5, 0.6) is 0 Å². The van der Waals surface area contributed by atoms with Gasteiger partial charge in [0.25, 0.3) is 0 Å². The standard InChI is InChI=1S/C22H33FN4O.HI/c1-15(2)26-20(28)16-6-4-9-19(12-16)27-21(24-3)25-14-22(10-11-22)17-7-5-8-18(23)13-17;/h5,7-8,13,15-16,19H,4,6,9-12,14H2,1-3H3,(H,26,28)(H2,24,25,27);1H. The zero-order valence-corrected chi connectivity index (χ0v) is 20.0. The molecule has 0 saturated heterocycles. The van der Waals surface area contributed by atoms with Crippen molar-refractivity contribution in [2.24, 2.45) is 10.9 Å². The number of halogens is 2. The Labute approximate surface area is 190 Å². The molecule has 1 aromatic rings. The van der Waals surface area contributed by atoms with Crippen LogP contribution in [0.4, 0.5) is 4.39 Å². The van der Waals surface area contributed by atoms with Crippen LogP contribution in [0.1, 0.15) is 57.9 Å². The third-order valence-electron chi connectivity index (χ3n) is 5.93. The molecule has 29 heavy (non-hydrogen) atoms. The second-order valence-electron chi connectivity index (χ2n) is 8.58. The Morgan fingerprint density at radius 3 is 2.69 bits per heavy atom. The SMILES string of the molecule is CN=C(NCC1(c2cccc(F)c2)CC1)NC1CCCC(C(=O)NC(C)C)C1.I. The second-order valence-corrected chi connectivity index (χ2v) is 8.58.